The van der Waals surface area contributed by atoms with E-state index in [9.17, 15) is 27.6 Å². The third-order valence-corrected chi connectivity index (χ3v) is 8.23. The largest absolute Gasteiger partial charge is 0.444 e. The lowest BCUT2D eigenvalue weighted by Gasteiger charge is -2.39. The Bertz CT molecular complexity index is 1430. The summed E-state index contributed by atoms with van der Waals surface area (Å²) in [6.45, 7) is 10.8. The Balaban J connectivity index is 1.57. The van der Waals surface area contributed by atoms with Gasteiger partial charge in [0.25, 0.3) is 11.8 Å². The van der Waals surface area contributed by atoms with Crippen molar-refractivity contribution in [2.45, 2.75) is 65.0 Å². The summed E-state index contributed by atoms with van der Waals surface area (Å²) in [4.78, 5) is 44.8. The van der Waals surface area contributed by atoms with Gasteiger partial charge in [-0.1, -0.05) is 6.92 Å². The van der Waals surface area contributed by atoms with Gasteiger partial charge in [-0.25, -0.2) is 9.18 Å². The van der Waals surface area contributed by atoms with Crippen LogP contribution in [0.1, 0.15) is 47.1 Å². The summed E-state index contributed by atoms with van der Waals surface area (Å²) in [5, 5.41) is 2.40. The first-order valence-electron chi connectivity index (χ1n) is 14.2. The van der Waals surface area contributed by atoms with E-state index >= 15 is 4.39 Å². The van der Waals surface area contributed by atoms with Crippen molar-refractivity contribution in [3.8, 4) is 0 Å². The Hall–Kier alpha value is -3.68. The van der Waals surface area contributed by atoms with Crippen molar-refractivity contribution in [3.63, 3.8) is 0 Å². The van der Waals surface area contributed by atoms with Crippen molar-refractivity contribution in [2.24, 2.45) is 5.92 Å². The van der Waals surface area contributed by atoms with E-state index in [0.717, 1.165) is 11.0 Å². The van der Waals surface area contributed by atoms with Crippen LogP contribution in [0.3, 0.4) is 0 Å². The molecule has 1 aromatic rings. The molecule has 4 rings (SSSR count). The van der Waals surface area contributed by atoms with Crippen LogP contribution < -0.4 is 10.2 Å². The number of nitrogens with zero attached hydrogens (tertiary/aromatic N) is 4. The van der Waals surface area contributed by atoms with Crippen LogP contribution in [0, 0.1) is 5.92 Å². The molecule has 2 heterocycles. The quantitative estimate of drug-likeness (QED) is 0.352. The Labute approximate surface area is 259 Å². The Morgan fingerprint density at radius 2 is 1.64 bits per heavy atom. The lowest BCUT2D eigenvalue weighted by atomic mass is 9.87. The van der Waals surface area contributed by atoms with E-state index < -0.39 is 52.9 Å². The highest BCUT2D eigenvalue weighted by Crippen LogP contribution is 2.43. The normalized spacial score (nSPS) is 22.6. The number of allylic oxidation sites excluding steroid dienone is 3. The van der Waals surface area contributed by atoms with E-state index in [1.807, 2.05) is 0 Å². The van der Waals surface area contributed by atoms with E-state index in [0.29, 0.717) is 5.70 Å². The van der Waals surface area contributed by atoms with Crippen LogP contribution >= 0.6 is 12.2 Å². The van der Waals surface area contributed by atoms with Gasteiger partial charge >= 0.3 is 12.3 Å². The summed E-state index contributed by atoms with van der Waals surface area (Å²) < 4.78 is 62.6. The number of alkyl halides is 4. The van der Waals surface area contributed by atoms with Crippen LogP contribution in [0.5, 0.6) is 0 Å². The van der Waals surface area contributed by atoms with Crippen LogP contribution in [-0.2, 0) is 20.5 Å². The number of nitrogens with one attached hydrogen (secondary N) is 1. The summed E-state index contributed by atoms with van der Waals surface area (Å²) in [5.41, 5.74) is -2.96. The molecule has 0 saturated carbocycles. The van der Waals surface area contributed by atoms with Gasteiger partial charge < -0.3 is 24.8 Å². The van der Waals surface area contributed by atoms with Crippen LogP contribution in [0.4, 0.5) is 33.7 Å². The summed E-state index contributed by atoms with van der Waals surface area (Å²) >= 11 is 5.62. The highest BCUT2D eigenvalue weighted by Gasteiger charge is 2.53. The molecule has 2 unspecified atom stereocenters. The molecule has 44 heavy (non-hydrogen) atoms. The van der Waals surface area contributed by atoms with E-state index in [4.69, 9.17) is 17.0 Å². The minimum Gasteiger partial charge on any atom is -0.444 e. The zero-order chi connectivity index (χ0) is 32.9. The number of amides is 3. The van der Waals surface area contributed by atoms with Crippen molar-refractivity contribution in [3.05, 3.63) is 47.2 Å². The third kappa shape index (κ3) is 6.13. The van der Waals surface area contributed by atoms with E-state index in [1.54, 1.807) is 41.5 Å². The number of ether oxygens (including phenoxy) is 1. The first kappa shape index (κ1) is 33.2. The average molecular weight is 640 g/mol. The summed E-state index contributed by atoms with van der Waals surface area (Å²) in [6.07, 6.45) is -4.03. The predicted molar refractivity (Wildman–Crippen MR) is 162 cm³/mol. The zero-order valence-corrected chi connectivity index (χ0v) is 26.5. The molecule has 2 atom stereocenters. The minimum absolute atomic E-state index is 0.0697. The van der Waals surface area contributed by atoms with E-state index in [-0.39, 0.29) is 48.2 Å². The molecule has 0 spiro atoms. The fraction of sp³-hybridized carbons (Fsp3) is 0.533. The number of piperazine rings is 1. The maximum absolute atomic E-state index is 16.0. The Morgan fingerprint density at radius 3 is 2.18 bits per heavy atom. The molecule has 1 aromatic carbocycles. The number of benzene rings is 1. The van der Waals surface area contributed by atoms with Crippen molar-refractivity contribution in [1.29, 1.82) is 0 Å². The van der Waals surface area contributed by atoms with Crippen molar-refractivity contribution >= 4 is 46.6 Å². The molecule has 1 aliphatic carbocycles. The second-order valence-corrected chi connectivity index (χ2v) is 12.8. The van der Waals surface area contributed by atoms with Gasteiger partial charge in [0.15, 0.2) is 5.11 Å². The molecule has 0 radical (unpaired) electrons. The first-order valence-corrected chi connectivity index (χ1v) is 14.6. The molecule has 14 heteroatoms. The molecule has 2 fully saturated rings. The van der Waals surface area contributed by atoms with Gasteiger partial charge in [-0.15, -0.1) is 0 Å². The maximum atomic E-state index is 16.0. The number of hydrogen-bond donors (Lipinski definition) is 1. The lowest BCUT2D eigenvalue weighted by Crippen LogP contribution is -2.53. The molecule has 240 valence electrons. The smallest absolute Gasteiger partial charge is 0.418 e. The number of carbonyl (C=O) groups excluding carboxylic acids is 3. The van der Waals surface area contributed by atoms with Crippen molar-refractivity contribution in [1.82, 2.24) is 14.7 Å². The SMILES string of the molecule is CNc1ccc(N2C(=O)C(C)(C)N(C3=CC=C(C(=O)N4CCN(C(=O)OC(C)(C)C)CC4)C(F)C3C)C2=S)cc1C(F)(F)F. The Morgan fingerprint density at radius 1 is 1.05 bits per heavy atom. The second-order valence-electron chi connectivity index (χ2n) is 12.5. The fourth-order valence-corrected chi connectivity index (χ4v) is 6.01. The standard InChI is InChI=1S/C30H37F4N5O4S/c1-17-22(11-9-19(23(17)31)24(40)36-12-14-37(15-13-36)27(42)43-28(2,3)4)39-26(44)38(25(41)29(39,5)6)18-8-10-21(35-7)20(16-18)30(32,33)34/h8-11,16-17,23,35H,12-15H2,1-7H3. The van der Waals surface area contributed by atoms with E-state index in [2.05, 4.69) is 5.32 Å². The number of anilines is 2. The summed E-state index contributed by atoms with van der Waals surface area (Å²) in [6, 6.07) is 3.43. The number of hydrogen-bond acceptors (Lipinski definition) is 6. The molecular weight excluding hydrogens is 602 g/mol. The van der Waals surface area contributed by atoms with Gasteiger partial charge in [0.1, 0.15) is 17.3 Å². The van der Waals surface area contributed by atoms with Crippen LogP contribution in [-0.4, -0.2) is 88.3 Å². The third-order valence-electron chi connectivity index (χ3n) is 7.86. The number of rotatable bonds is 4. The molecule has 2 saturated heterocycles. The molecule has 0 aromatic heterocycles. The van der Waals surface area contributed by atoms with Gasteiger partial charge in [0.05, 0.1) is 16.8 Å². The van der Waals surface area contributed by atoms with Gasteiger partial charge in [0.2, 0.25) is 0 Å². The predicted octanol–water partition coefficient (Wildman–Crippen LogP) is 5.34. The van der Waals surface area contributed by atoms with Gasteiger partial charge in [-0.2, -0.15) is 13.2 Å². The minimum atomic E-state index is -4.69. The summed E-state index contributed by atoms with van der Waals surface area (Å²) in [5.74, 6) is -2.00. The molecule has 3 amide bonds. The first-order chi connectivity index (χ1) is 20.3. The summed E-state index contributed by atoms with van der Waals surface area (Å²) in [7, 11) is 1.36. The zero-order valence-electron chi connectivity index (χ0n) is 25.7. The van der Waals surface area contributed by atoms with Gasteiger partial charge in [-0.05, 0) is 77.2 Å². The molecule has 1 N–H and O–H groups in total. The molecular formula is C30H37F4N5O4S. The van der Waals surface area contributed by atoms with Gasteiger partial charge in [0, 0.05) is 50.5 Å². The highest BCUT2D eigenvalue weighted by molar-refractivity contribution is 7.80. The Kier molecular flexibility index (Phi) is 8.82. The van der Waals surface area contributed by atoms with Crippen molar-refractivity contribution < 1.29 is 36.7 Å². The van der Waals surface area contributed by atoms with Crippen LogP contribution in [0.15, 0.2) is 41.6 Å². The van der Waals surface area contributed by atoms with Crippen LogP contribution in [0.2, 0.25) is 0 Å². The average Bonchev–Trinajstić information content (AvgIpc) is 3.11. The van der Waals surface area contributed by atoms with Crippen molar-refractivity contribution in [2.75, 3.05) is 43.4 Å². The fourth-order valence-electron chi connectivity index (χ4n) is 5.49. The number of halogens is 4. The molecule has 0 bridgehead atoms. The number of thiocarbonyl (C=S) groups is 1. The molecule has 2 aliphatic heterocycles. The monoisotopic (exact) mass is 639 g/mol. The second kappa shape index (κ2) is 11.7. The van der Waals surface area contributed by atoms with E-state index in [1.165, 1.54) is 46.0 Å². The molecule has 3 aliphatic rings. The van der Waals surface area contributed by atoms with Gasteiger partial charge in [-0.3, -0.25) is 14.5 Å². The number of carbonyl (C=O) groups is 3. The van der Waals surface area contributed by atoms with Crippen LogP contribution in [0.25, 0.3) is 0 Å². The highest BCUT2D eigenvalue weighted by atomic mass is 32.1. The molecule has 9 nitrogen and oxygen atoms in total. The topological polar surface area (TPSA) is 85.4 Å². The lowest BCUT2D eigenvalue weighted by molar-refractivity contribution is -0.137. The maximum Gasteiger partial charge on any atom is 0.418 e.